The van der Waals surface area contributed by atoms with E-state index in [0.717, 1.165) is 29.3 Å². The molecule has 0 bridgehead atoms. The van der Waals surface area contributed by atoms with E-state index in [1.54, 1.807) is 26.0 Å². The van der Waals surface area contributed by atoms with Crippen molar-refractivity contribution in [3.63, 3.8) is 0 Å². The molecule has 0 spiro atoms. The Balaban J connectivity index is 1.65. The number of ether oxygens (including phenoxy) is 1. The van der Waals surface area contributed by atoms with Crippen LogP contribution in [0.2, 0.25) is 0 Å². The standard InChI is InChI=1S/C23H30N4O2/c1-23(2)14-19(18-8-6-7-9-20(18)29-23)26-22(24-3)25-15-16-10-12-17(13-11-16)21(28)27(4)5/h6-13,19H,14-15H2,1-5H3,(H2,24,25,26). The van der Waals surface area contributed by atoms with Crippen LogP contribution in [0.1, 0.15) is 47.8 Å². The van der Waals surface area contributed by atoms with Gasteiger partial charge in [0.1, 0.15) is 11.4 Å². The Morgan fingerprint density at radius 2 is 1.86 bits per heavy atom. The molecule has 1 atom stereocenters. The molecule has 2 aromatic rings. The molecule has 1 unspecified atom stereocenters. The molecule has 154 valence electrons. The fourth-order valence-electron chi connectivity index (χ4n) is 3.50. The van der Waals surface area contributed by atoms with Crippen LogP contribution in [-0.4, -0.2) is 43.5 Å². The Bertz CT molecular complexity index is 888. The SMILES string of the molecule is CN=C(NCc1ccc(C(=O)N(C)C)cc1)NC1CC(C)(C)Oc2ccccc21. The van der Waals surface area contributed by atoms with Gasteiger partial charge in [0.25, 0.3) is 5.91 Å². The van der Waals surface area contributed by atoms with E-state index in [2.05, 4.69) is 35.5 Å². The molecule has 0 saturated heterocycles. The topological polar surface area (TPSA) is 66.0 Å². The minimum atomic E-state index is -0.250. The van der Waals surface area contributed by atoms with Crippen molar-refractivity contribution in [1.82, 2.24) is 15.5 Å². The highest BCUT2D eigenvalue weighted by atomic mass is 16.5. The second kappa shape index (κ2) is 8.55. The van der Waals surface area contributed by atoms with E-state index < -0.39 is 0 Å². The third-order valence-corrected chi connectivity index (χ3v) is 4.98. The number of carbonyl (C=O) groups is 1. The molecule has 0 radical (unpaired) electrons. The first-order chi connectivity index (χ1) is 13.8. The van der Waals surface area contributed by atoms with E-state index in [1.807, 2.05) is 42.5 Å². The Kier molecular flexibility index (Phi) is 6.11. The molecule has 0 aromatic heterocycles. The van der Waals surface area contributed by atoms with Crippen molar-refractivity contribution in [3.05, 3.63) is 65.2 Å². The fourth-order valence-corrected chi connectivity index (χ4v) is 3.50. The maximum atomic E-state index is 12.0. The van der Waals surface area contributed by atoms with Gasteiger partial charge >= 0.3 is 0 Å². The first kappa shape index (κ1) is 20.7. The molecule has 1 heterocycles. The van der Waals surface area contributed by atoms with Gasteiger partial charge in [-0.15, -0.1) is 0 Å². The van der Waals surface area contributed by atoms with Crippen molar-refractivity contribution >= 4 is 11.9 Å². The second-order valence-electron chi connectivity index (χ2n) is 8.12. The van der Waals surface area contributed by atoms with Gasteiger partial charge in [-0.1, -0.05) is 30.3 Å². The lowest BCUT2D eigenvalue weighted by Crippen LogP contribution is -2.45. The van der Waals surface area contributed by atoms with E-state index in [9.17, 15) is 4.79 Å². The monoisotopic (exact) mass is 394 g/mol. The minimum Gasteiger partial charge on any atom is -0.487 e. The molecule has 1 aliphatic rings. The number of para-hydroxylation sites is 1. The van der Waals surface area contributed by atoms with Crippen LogP contribution in [0, 0.1) is 0 Å². The number of benzene rings is 2. The molecule has 0 aliphatic carbocycles. The summed E-state index contributed by atoms with van der Waals surface area (Å²) < 4.78 is 6.11. The molecule has 6 nitrogen and oxygen atoms in total. The summed E-state index contributed by atoms with van der Waals surface area (Å²) in [7, 11) is 5.27. The van der Waals surface area contributed by atoms with Crippen LogP contribution in [-0.2, 0) is 6.54 Å². The number of rotatable bonds is 4. The van der Waals surface area contributed by atoms with Gasteiger partial charge in [0.15, 0.2) is 5.96 Å². The van der Waals surface area contributed by atoms with E-state index in [4.69, 9.17) is 4.74 Å². The largest absolute Gasteiger partial charge is 0.487 e. The first-order valence-corrected chi connectivity index (χ1v) is 9.85. The molecule has 0 saturated carbocycles. The third-order valence-electron chi connectivity index (χ3n) is 4.98. The molecular formula is C23H30N4O2. The zero-order valence-electron chi connectivity index (χ0n) is 17.8. The summed E-state index contributed by atoms with van der Waals surface area (Å²) in [4.78, 5) is 18.0. The van der Waals surface area contributed by atoms with E-state index >= 15 is 0 Å². The quantitative estimate of drug-likeness (QED) is 0.617. The smallest absolute Gasteiger partial charge is 0.253 e. The fraction of sp³-hybridized carbons (Fsp3) is 0.391. The minimum absolute atomic E-state index is 0.00258. The van der Waals surface area contributed by atoms with E-state index in [1.165, 1.54) is 0 Å². The average Bonchev–Trinajstić information content (AvgIpc) is 2.69. The van der Waals surface area contributed by atoms with E-state index in [0.29, 0.717) is 12.1 Å². The summed E-state index contributed by atoms with van der Waals surface area (Å²) in [6.45, 7) is 4.82. The van der Waals surface area contributed by atoms with Gasteiger partial charge in [0, 0.05) is 45.2 Å². The van der Waals surface area contributed by atoms with Crippen LogP contribution >= 0.6 is 0 Å². The first-order valence-electron chi connectivity index (χ1n) is 9.85. The van der Waals surface area contributed by atoms with Crippen molar-refractivity contribution in [2.24, 2.45) is 4.99 Å². The summed E-state index contributed by atoms with van der Waals surface area (Å²) in [5, 5.41) is 6.90. The Labute approximate surface area is 173 Å². The number of hydrogen-bond acceptors (Lipinski definition) is 3. The zero-order valence-corrected chi connectivity index (χ0v) is 17.8. The number of nitrogens with one attached hydrogen (secondary N) is 2. The lowest BCUT2D eigenvalue weighted by atomic mass is 9.90. The number of fused-ring (bicyclic) bond motifs is 1. The Morgan fingerprint density at radius 3 is 2.52 bits per heavy atom. The molecule has 1 aliphatic heterocycles. The van der Waals surface area contributed by atoms with Crippen molar-refractivity contribution in [2.45, 2.75) is 38.5 Å². The maximum Gasteiger partial charge on any atom is 0.253 e. The predicted molar refractivity (Wildman–Crippen MR) is 116 cm³/mol. The molecule has 3 rings (SSSR count). The number of guanidine groups is 1. The van der Waals surface area contributed by atoms with Gasteiger partial charge in [-0.3, -0.25) is 9.79 Å². The van der Waals surface area contributed by atoms with Gasteiger partial charge in [0.2, 0.25) is 0 Å². The predicted octanol–water partition coefficient (Wildman–Crippen LogP) is 3.36. The summed E-state index contributed by atoms with van der Waals surface area (Å²) in [5.74, 6) is 1.65. The number of amides is 1. The molecule has 1 amide bonds. The zero-order chi connectivity index (χ0) is 21.0. The number of hydrogen-bond donors (Lipinski definition) is 2. The Morgan fingerprint density at radius 1 is 1.17 bits per heavy atom. The molecule has 6 heteroatoms. The van der Waals surface area contributed by atoms with E-state index in [-0.39, 0.29) is 17.6 Å². The van der Waals surface area contributed by atoms with Crippen molar-refractivity contribution < 1.29 is 9.53 Å². The summed E-state index contributed by atoms with van der Waals surface area (Å²) in [5.41, 5.74) is 2.65. The van der Waals surface area contributed by atoms with Crippen LogP contribution < -0.4 is 15.4 Å². The maximum absolute atomic E-state index is 12.0. The highest BCUT2D eigenvalue weighted by molar-refractivity contribution is 5.93. The van der Waals surface area contributed by atoms with Gasteiger partial charge in [-0.25, -0.2) is 0 Å². The van der Waals surface area contributed by atoms with Crippen LogP contribution in [0.25, 0.3) is 0 Å². The summed E-state index contributed by atoms with van der Waals surface area (Å²) in [6, 6.07) is 15.9. The average molecular weight is 395 g/mol. The van der Waals surface area contributed by atoms with Gasteiger partial charge in [0.05, 0.1) is 6.04 Å². The van der Waals surface area contributed by atoms with Crippen LogP contribution in [0.3, 0.4) is 0 Å². The van der Waals surface area contributed by atoms with Crippen LogP contribution in [0.15, 0.2) is 53.5 Å². The summed E-state index contributed by atoms with van der Waals surface area (Å²) >= 11 is 0. The van der Waals surface area contributed by atoms with Gasteiger partial charge in [-0.05, 0) is 37.6 Å². The molecular weight excluding hydrogens is 364 g/mol. The van der Waals surface area contributed by atoms with Crippen molar-refractivity contribution in [3.8, 4) is 5.75 Å². The van der Waals surface area contributed by atoms with Crippen molar-refractivity contribution in [2.75, 3.05) is 21.1 Å². The molecule has 29 heavy (non-hydrogen) atoms. The third kappa shape index (κ3) is 5.08. The highest BCUT2D eigenvalue weighted by Gasteiger charge is 2.33. The lowest BCUT2D eigenvalue weighted by molar-refractivity contribution is 0.0694. The molecule has 0 fully saturated rings. The molecule has 2 N–H and O–H groups in total. The number of aliphatic imine (C=N–C) groups is 1. The second-order valence-corrected chi connectivity index (χ2v) is 8.12. The van der Waals surface area contributed by atoms with Crippen LogP contribution in [0.5, 0.6) is 5.75 Å². The van der Waals surface area contributed by atoms with Crippen LogP contribution in [0.4, 0.5) is 0 Å². The number of carbonyl (C=O) groups excluding carboxylic acids is 1. The van der Waals surface area contributed by atoms with Gasteiger partial charge in [-0.2, -0.15) is 0 Å². The van der Waals surface area contributed by atoms with Gasteiger partial charge < -0.3 is 20.3 Å². The number of nitrogens with zero attached hydrogens (tertiary/aromatic N) is 2. The highest BCUT2D eigenvalue weighted by Crippen LogP contribution is 2.39. The van der Waals surface area contributed by atoms with Crippen molar-refractivity contribution in [1.29, 1.82) is 0 Å². The Hall–Kier alpha value is -3.02. The molecule has 2 aromatic carbocycles. The lowest BCUT2D eigenvalue weighted by Gasteiger charge is -2.38. The summed E-state index contributed by atoms with van der Waals surface area (Å²) in [6.07, 6.45) is 0.839. The normalized spacial score (nSPS) is 17.7.